The summed E-state index contributed by atoms with van der Waals surface area (Å²) >= 11 is 0. The van der Waals surface area contributed by atoms with Crippen LogP contribution in [0.25, 0.3) is 0 Å². The number of amides is 3. The molecule has 0 spiro atoms. The number of hydrogen-bond acceptors (Lipinski definition) is 6. The number of hydrogen-bond donors (Lipinski definition) is 3. The highest BCUT2D eigenvalue weighted by Gasteiger charge is 2.35. The molecular formula is C36H59N3O6. The van der Waals surface area contributed by atoms with Gasteiger partial charge in [-0.3, -0.25) is 9.59 Å². The number of alkyl carbamates (subject to hydrolysis) is 2. The molecule has 0 radical (unpaired) electrons. The Morgan fingerprint density at radius 1 is 0.844 bits per heavy atom. The average Bonchev–Trinajstić information content (AvgIpc) is 2.92. The molecule has 9 heteroatoms. The number of carbonyl (C=O) groups is 4. The van der Waals surface area contributed by atoms with Gasteiger partial charge in [-0.1, -0.05) is 57.5 Å². The van der Waals surface area contributed by atoms with Gasteiger partial charge in [0.25, 0.3) is 0 Å². The molecular weight excluding hydrogens is 570 g/mol. The third-order valence-corrected chi connectivity index (χ3v) is 8.23. The van der Waals surface area contributed by atoms with Gasteiger partial charge in [0.05, 0.1) is 6.04 Å². The van der Waals surface area contributed by atoms with Gasteiger partial charge >= 0.3 is 12.2 Å². The van der Waals surface area contributed by atoms with Crippen LogP contribution < -0.4 is 16.0 Å². The lowest BCUT2D eigenvalue weighted by Gasteiger charge is -2.36. The Bertz CT molecular complexity index is 1090. The van der Waals surface area contributed by atoms with Crippen LogP contribution in [0.15, 0.2) is 30.3 Å². The second-order valence-corrected chi connectivity index (χ2v) is 15.0. The monoisotopic (exact) mass is 629 g/mol. The molecule has 3 amide bonds. The predicted molar refractivity (Wildman–Crippen MR) is 178 cm³/mol. The van der Waals surface area contributed by atoms with E-state index in [1.54, 1.807) is 41.5 Å². The Kier molecular flexibility index (Phi) is 14.9. The number of carbonyl (C=O) groups excluding carboxylic acids is 4. The largest absolute Gasteiger partial charge is 0.444 e. The molecule has 0 saturated heterocycles. The molecule has 45 heavy (non-hydrogen) atoms. The quantitative estimate of drug-likeness (QED) is 0.183. The maximum Gasteiger partial charge on any atom is 0.408 e. The third-order valence-electron chi connectivity index (χ3n) is 8.23. The molecule has 0 unspecified atom stereocenters. The van der Waals surface area contributed by atoms with E-state index in [0.29, 0.717) is 56.4 Å². The fraction of sp³-hybridized carbons (Fsp3) is 0.722. The van der Waals surface area contributed by atoms with Gasteiger partial charge < -0.3 is 25.4 Å². The van der Waals surface area contributed by atoms with Crippen LogP contribution in [0.4, 0.5) is 9.59 Å². The first-order valence-corrected chi connectivity index (χ1v) is 16.8. The van der Waals surface area contributed by atoms with Crippen LogP contribution in [-0.4, -0.2) is 47.7 Å². The topological polar surface area (TPSA) is 123 Å². The Morgan fingerprint density at radius 3 is 2.07 bits per heavy atom. The van der Waals surface area contributed by atoms with Crippen LogP contribution in [0.3, 0.4) is 0 Å². The number of rotatable bonds is 14. The van der Waals surface area contributed by atoms with E-state index in [-0.39, 0.29) is 17.6 Å². The molecule has 1 fully saturated rings. The van der Waals surface area contributed by atoms with E-state index in [2.05, 4.69) is 36.7 Å². The number of unbranched alkanes of at least 4 members (excludes halogenated alkanes) is 1. The smallest absolute Gasteiger partial charge is 0.408 e. The zero-order valence-corrected chi connectivity index (χ0v) is 29.2. The Morgan fingerprint density at radius 2 is 1.47 bits per heavy atom. The summed E-state index contributed by atoms with van der Waals surface area (Å²) in [4.78, 5) is 52.0. The number of benzene rings is 1. The van der Waals surface area contributed by atoms with Crippen molar-refractivity contribution in [1.82, 2.24) is 16.0 Å². The van der Waals surface area contributed by atoms with Crippen LogP contribution >= 0.6 is 0 Å². The first-order valence-electron chi connectivity index (χ1n) is 16.8. The highest BCUT2D eigenvalue weighted by molar-refractivity contribution is 5.86. The Balaban J connectivity index is 2.12. The van der Waals surface area contributed by atoms with E-state index in [9.17, 15) is 19.2 Å². The predicted octanol–water partition coefficient (Wildman–Crippen LogP) is 7.49. The second-order valence-electron chi connectivity index (χ2n) is 15.0. The molecule has 1 aliphatic rings. The van der Waals surface area contributed by atoms with Crippen LogP contribution in [0.1, 0.15) is 125 Å². The molecule has 0 bridgehead atoms. The van der Waals surface area contributed by atoms with Crippen LogP contribution in [-0.2, 0) is 19.1 Å². The third kappa shape index (κ3) is 14.7. The van der Waals surface area contributed by atoms with Crippen LogP contribution in [0.2, 0.25) is 0 Å². The first-order chi connectivity index (χ1) is 20.9. The number of nitrogens with one attached hydrogen (secondary N) is 3. The summed E-state index contributed by atoms with van der Waals surface area (Å²) < 4.78 is 10.7. The van der Waals surface area contributed by atoms with E-state index in [1.165, 1.54) is 6.42 Å². The highest BCUT2D eigenvalue weighted by Crippen LogP contribution is 2.39. The van der Waals surface area contributed by atoms with Crippen molar-refractivity contribution in [3.8, 4) is 0 Å². The van der Waals surface area contributed by atoms with E-state index in [1.807, 2.05) is 30.3 Å². The van der Waals surface area contributed by atoms with Gasteiger partial charge in [-0.15, -0.1) is 0 Å². The number of ketones is 1. The lowest BCUT2D eigenvalue weighted by atomic mass is 9.68. The fourth-order valence-electron chi connectivity index (χ4n) is 6.02. The van der Waals surface area contributed by atoms with Gasteiger partial charge in [-0.2, -0.15) is 0 Å². The van der Waals surface area contributed by atoms with Crippen LogP contribution in [0.5, 0.6) is 0 Å². The number of Topliss-reactive ketones (excluding diaryl/α,β-unsaturated/α-hetero) is 1. The second kappa shape index (κ2) is 17.6. The van der Waals surface area contributed by atoms with E-state index >= 15 is 0 Å². The molecule has 5 atom stereocenters. The van der Waals surface area contributed by atoms with E-state index in [0.717, 1.165) is 18.4 Å². The highest BCUT2D eigenvalue weighted by atomic mass is 16.6. The standard InChI is InChI=1S/C36H59N3O6/c1-24(2)27-19-18-25(3)23-28(27)31(40)21-20-29(26-15-11-10-12-16-26)38-32(41)30(39-34(43)45-36(7,8)9)17-13-14-22-37-33(42)44-35(4,5)6/h10-12,15-16,24-25,27-30H,13-14,17-23H2,1-9H3,(H,37,42)(H,38,41)(H,39,43)/t25-,27+,28-,29-,30+/m1/s1. The van der Waals surface area contributed by atoms with Crippen molar-refractivity contribution in [3.05, 3.63) is 35.9 Å². The molecule has 0 heterocycles. The minimum Gasteiger partial charge on any atom is -0.444 e. The summed E-state index contributed by atoms with van der Waals surface area (Å²) in [6.45, 7) is 17.7. The maximum absolute atomic E-state index is 13.7. The molecule has 254 valence electrons. The summed E-state index contributed by atoms with van der Waals surface area (Å²) in [7, 11) is 0. The lowest BCUT2D eigenvalue weighted by molar-refractivity contribution is -0.128. The van der Waals surface area contributed by atoms with Gasteiger partial charge in [0, 0.05) is 18.9 Å². The molecule has 9 nitrogen and oxygen atoms in total. The molecule has 1 saturated carbocycles. The van der Waals surface area contributed by atoms with Crippen LogP contribution in [0, 0.1) is 23.7 Å². The van der Waals surface area contributed by atoms with E-state index < -0.39 is 35.5 Å². The minimum atomic E-state index is -0.854. The fourth-order valence-corrected chi connectivity index (χ4v) is 6.02. The van der Waals surface area contributed by atoms with Crippen molar-refractivity contribution in [2.75, 3.05) is 6.54 Å². The van der Waals surface area contributed by atoms with Gasteiger partial charge in [-0.25, -0.2) is 9.59 Å². The summed E-state index contributed by atoms with van der Waals surface area (Å²) in [5.74, 6) is 1.38. The Hall–Kier alpha value is -3.10. The minimum absolute atomic E-state index is 0.0525. The van der Waals surface area contributed by atoms with Gasteiger partial charge in [0.1, 0.15) is 23.0 Å². The maximum atomic E-state index is 13.7. The number of ether oxygens (including phenoxy) is 2. The molecule has 0 aromatic heterocycles. The summed E-state index contributed by atoms with van der Waals surface area (Å²) in [6, 6.07) is 8.42. The normalized spacial score (nSPS) is 20.1. The van der Waals surface area contributed by atoms with Gasteiger partial charge in [0.15, 0.2) is 0 Å². The van der Waals surface area contributed by atoms with Gasteiger partial charge in [0.2, 0.25) is 5.91 Å². The molecule has 0 aliphatic heterocycles. The van der Waals surface area contributed by atoms with Crippen molar-refractivity contribution < 1.29 is 28.7 Å². The molecule has 1 aliphatic carbocycles. The van der Waals surface area contributed by atoms with Crippen molar-refractivity contribution in [2.45, 2.75) is 137 Å². The van der Waals surface area contributed by atoms with Crippen molar-refractivity contribution in [1.29, 1.82) is 0 Å². The van der Waals surface area contributed by atoms with Crippen molar-refractivity contribution in [2.24, 2.45) is 23.7 Å². The zero-order chi connectivity index (χ0) is 33.8. The molecule has 2 rings (SSSR count). The molecule has 1 aromatic rings. The summed E-state index contributed by atoms with van der Waals surface area (Å²) in [5.41, 5.74) is -0.399. The Labute approximate surface area is 271 Å². The average molecular weight is 630 g/mol. The summed E-state index contributed by atoms with van der Waals surface area (Å²) in [5, 5.41) is 8.61. The lowest BCUT2D eigenvalue weighted by Crippen LogP contribution is -2.49. The van der Waals surface area contributed by atoms with E-state index in [4.69, 9.17) is 9.47 Å². The van der Waals surface area contributed by atoms with Gasteiger partial charge in [-0.05, 0) is 103 Å². The summed E-state index contributed by atoms with van der Waals surface area (Å²) in [6.07, 6.45) is 4.36. The van der Waals surface area contributed by atoms with Crippen molar-refractivity contribution >= 4 is 23.9 Å². The SMILES string of the molecule is CC(C)[C@@H]1CC[C@@H](C)C[C@H]1C(=O)CC[C@@H](NC(=O)[C@H](CCCCNC(=O)OC(C)(C)C)NC(=O)OC(C)(C)C)c1ccccc1. The van der Waals surface area contributed by atoms with Crippen molar-refractivity contribution in [3.63, 3.8) is 0 Å². The zero-order valence-electron chi connectivity index (χ0n) is 29.2. The molecule has 3 N–H and O–H groups in total. The molecule has 1 aromatic carbocycles. The first kappa shape index (κ1) is 38.1.